The van der Waals surface area contributed by atoms with E-state index in [2.05, 4.69) is 4.90 Å². The number of rotatable bonds is 5. The summed E-state index contributed by atoms with van der Waals surface area (Å²) in [6.45, 7) is 4.17. The lowest BCUT2D eigenvalue weighted by Crippen LogP contribution is -2.54. The molecule has 1 aromatic carbocycles. The Bertz CT molecular complexity index is 627. The van der Waals surface area contributed by atoms with Crippen LogP contribution in [0.5, 0.6) is 0 Å². The molecule has 1 N–H and O–H groups in total. The van der Waals surface area contributed by atoms with Crippen molar-refractivity contribution in [2.24, 2.45) is 5.41 Å². The van der Waals surface area contributed by atoms with Crippen molar-refractivity contribution in [1.82, 2.24) is 9.80 Å². The van der Waals surface area contributed by atoms with E-state index in [1.807, 2.05) is 11.0 Å². The molecule has 2 aliphatic heterocycles. The summed E-state index contributed by atoms with van der Waals surface area (Å²) in [4.78, 5) is 16.4. The van der Waals surface area contributed by atoms with Gasteiger partial charge in [-0.15, -0.1) is 0 Å². The summed E-state index contributed by atoms with van der Waals surface area (Å²) in [7, 11) is 0. The summed E-state index contributed by atoms with van der Waals surface area (Å²) in [5, 5.41) is 9.20. The fourth-order valence-corrected chi connectivity index (χ4v) is 4.36. The molecule has 25 heavy (non-hydrogen) atoms. The summed E-state index contributed by atoms with van der Waals surface area (Å²) < 4.78 is 13.7. The zero-order valence-corrected chi connectivity index (χ0v) is 15.3. The predicted octanol–water partition coefficient (Wildman–Crippen LogP) is 3.07. The van der Waals surface area contributed by atoms with Crippen LogP contribution >= 0.6 is 11.6 Å². The number of aliphatic hydroxyl groups excluding tert-OH is 1. The molecule has 2 saturated heterocycles. The van der Waals surface area contributed by atoms with Gasteiger partial charge in [0.25, 0.3) is 0 Å². The van der Waals surface area contributed by atoms with E-state index in [4.69, 9.17) is 16.7 Å². The highest BCUT2D eigenvalue weighted by Crippen LogP contribution is 2.39. The second-order valence-electron chi connectivity index (χ2n) is 7.46. The maximum atomic E-state index is 13.7. The second-order valence-corrected chi connectivity index (χ2v) is 7.86. The first kappa shape index (κ1) is 18.6. The molecule has 2 fully saturated rings. The first-order valence-corrected chi connectivity index (χ1v) is 9.44. The molecule has 1 spiro atoms. The average molecular weight is 369 g/mol. The van der Waals surface area contributed by atoms with Crippen LogP contribution in [-0.4, -0.2) is 53.6 Å². The molecule has 0 aromatic heterocycles. The summed E-state index contributed by atoms with van der Waals surface area (Å²) in [5.41, 5.74) is 1.06. The lowest BCUT2D eigenvalue weighted by molar-refractivity contribution is -0.139. The van der Waals surface area contributed by atoms with Crippen LogP contribution < -0.4 is 0 Å². The summed E-state index contributed by atoms with van der Waals surface area (Å²) in [6, 6.07) is 5.01. The molecule has 0 aliphatic carbocycles. The zero-order chi connectivity index (χ0) is 17.9. The first-order valence-electron chi connectivity index (χ1n) is 9.06. The van der Waals surface area contributed by atoms with Crippen molar-refractivity contribution in [1.29, 1.82) is 0 Å². The zero-order valence-electron chi connectivity index (χ0n) is 14.5. The number of nitrogens with zero attached hydrogens (tertiary/aromatic N) is 2. The van der Waals surface area contributed by atoms with Gasteiger partial charge in [0, 0.05) is 44.6 Å². The molecule has 2 aliphatic rings. The third kappa shape index (κ3) is 4.52. The van der Waals surface area contributed by atoms with Crippen LogP contribution in [0, 0.1) is 11.2 Å². The van der Waals surface area contributed by atoms with Crippen LogP contribution in [0.15, 0.2) is 18.2 Å². The number of halogens is 2. The van der Waals surface area contributed by atoms with E-state index in [1.165, 1.54) is 6.07 Å². The van der Waals surface area contributed by atoms with Gasteiger partial charge in [-0.2, -0.15) is 0 Å². The molecule has 0 radical (unpaired) electrons. The molecule has 0 bridgehead atoms. The number of amides is 1. The fourth-order valence-electron chi connectivity index (χ4n) is 4.24. The molecule has 2 heterocycles. The minimum absolute atomic E-state index is 0.116. The van der Waals surface area contributed by atoms with E-state index in [1.54, 1.807) is 6.07 Å². The number of hydrogen-bond acceptors (Lipinski definition) is 3. The summed E-state index contributed by atoms with van der Waals surface area (Å²) in [6.07, 6.45) is 4.37. The third-order valence-electron chi connectivity index (χ3n) is 5.46. The number of hydrogen-bond donors (Lipinski definition) is 1. The maximum Gasteiger partial charge on any atom is 0.222 e. The Morgan fingerprint density at radius 3 is 2.88 bits per heavy atom. The summed E-state index contributed by atoms with van der Waals surface area (Å²) >= 11 is 5.77. The van der Waals surface area contributed by atoms with Crippen LogP contribution in [-0.2, 0) is 11.3 Å². The van der Waals surface area contributed by atoms with Crippen molar-refractivity contribution in [2.45, 2.75) is 38.6 Å². The van der Waals surface area contributed by atoms with Gasteiger partial charge in [0.15, 0.2) is 0 Å². The Balaban J connectivity index is 1.65. The van der Waals surface area contributed by atoms with Gasteiger partial charge in [-0.25, -0.2) is 4.39 Å². The predicted molar refractivity (Wildman–Crippen MR) is 95.9 cm³/mol. The standard InChI is InChI=1S/C19H26ClFN2O2/c20-16-4-3-15(11-17(16)21)12-22-8-1-6-19(13-22)7-5-18(25)23(14-19)9-2-10-24/h3-4,11,24H,1-2,5-10,12-14H2/t19-/m1/s1. The van der Waals surface area contributed by atoms with Gasteiger partial charge in [-0.05, 0) is 49.9 Å². The van der Waals surface area contributed by atoms with E-state index in [0.29, 0.717) is 25.9 Å². The number of aliphatic hydroxyl groups is 1. The number of likely N-dealkylation sites (tertiary alicyclic amines) is 2. The molecule has 138 valence electrons. The Kier molecular flexibility index (Phi) is 5.97. The quantitative estimate of drug-likeness (QED) is 0.868. The molecule has 1 atom stereocenters. The maximum absolute atomic E-state index is 13.7. The molecule has 0 unspecified atom stereocenters. The number of carbonyl (C=O) groups excluding carboxylic acids is 1. The smallest absolute Gasteiger partial charge is 0.222 e. The molecule has 1 aromatic rings. The van der Waals surface area contributed by atoms with Gasteiger partial charge in [0.05, 0.1) is 5.02 Å². The Labute approximate surface area is 153 Å². The molecular formula is C19H26ClFN2O2. The van der Waals surface area contributed by atoms with Crippen LogP contribution in [0.1, 0.15) is 37.7 Å². The minimum Gasteiger partial charge on any atom is -0.396 e. The molecule has 3 rings (SSSR count). The molecule has 0 saturated carbocycles. The van der Waals surface area contributed by atoms with Gasteiger partial charge < -0.3 is 10.0 Å². The molecular weight excluding hydrogens is 343 g/mol. The first-order chi connectivity index (χ1) is 12.0. The highest BCUT2D eigenvalue weighted by Gasteiger charge is 2.41. The highest BCUT2D eigenvalue weighted by molar-refractivity contribution is 6.30. The van der Waals surface area contributed by atoms with Crippen molar-refractivity contribution in [3.05, 3.63) is 34.6 Å². The van der Waals surface area contributed by atoms with Crippen LogP contribution in [0.2, 0.25) is 5.02 Å². The lowest BCUT2D eigenvalue weighted by Gasteiger charge is -2.48. The van der Waals surface area contributed by atoms with Crippen molar-refractivity contribution in [3.8, 4) is 0 Å². The largest absolute Gasteiger partial charge is 0.396 e. The molecule has 4 nitrogen and oxygen atoms in total. The summed E-state index contributed by atoms with van der Waals surface area (Å²) in [5.74, 6) is -0.166. The lowest BCUT2D eigenvalue weighted by atomic mass is 9.73. The fraction of sp³-hybridized carbons (Fsp3) is 0.632. The van der Waals surface area contributed by atoms with Crippen LogP contribution in [0.25, 0.3) is 0 Å². The Morgan fingerprint density at radius 2 is 2.12 bits per heavy atom. The van der Waals surface area contributed by atoms with Gasteiger partial charge >= 0.3 is 0 Å². The van der Waals surface area contributed by atoms with Gasteiger partial charge in [-0.1, -0.05) is 17.7 Å². The van der Waals surface area contributed by atoms with Crippen LogP contribution in [0.3, 0.4) is 0 Å². The van der Waals surface area contributed by atoms with Crippen LogP contribution in [0.4, 0.5) is 4.39 Å². The van der Waals surface area contributed by atoms with E-state index in [-0.39, 0.29) is 28.8 Å². The normalized spacial score (nSPS) is 24.9. The topological polar surface area (TPSA) is 43.8 Å². The van der Waals surface area contributed by atoms with E-state index >= 15 is 0 Å². The molecule has 1 amide bonds. The van der Waals surface area contributed by atoms with Crippen molar-refractivity contribution >= 4 is 17.5 Å². The van der Waals surface area contributed by atoms with Crippen molar-refractivity contribution < 1.29 is 14.3 Å². The number of carbonyl (C=O) groups is 1. The van der Waals surface area contributed by atoms with Gasteiger partial charge in [0.2, 0.25) is 5.91 Å². The van der Waals surface area contributed by atoms with E-state index in [9.17, 15) is 9.18 Å². The van der Waals surface area contributed by atoms with Crippen molar-refractivity contribution in [2.75, 3.05) is 32.8 Å². The SMILES string of the molecule is O=C1CC[C@@]2(CCCN(Cc3ccc(Cl)c(F)c3)C2)CN1CCCO. The van der Waals surface area contributed by atoms with Crippen molar-refractivity contribution in [3.63, 3.8) is 0 Å². The second kappa shape index (κ2) is 8.02. The van der Waals surface area contributed by atoms with Gasteiger partial charge in [0.1, 0.15) is 5.82 Å². The third-order valence-corrected chi connectivity index (χ3v) is 5.77. The number of piperidine rings is 2. The Hall–Kier alpha value is -1.17. The van der Waals surface area contributed by atoms with Gasteiger partial charge in [-0.3, -0.25) is 9.69 Å². The minimum atomic E-state index is -0.371. The molecule has 6 heteroatoms. The number of benzene rings is 1. The Morgan fingerprint density at radius 1 is 1.28 bits per heavy atom. The highest BCUT2D eigenvalue weighted by atomic mass is 35.5. The average Bonchev–Trinajstić information content (AvgIpc) is 2.59. The van der Waals surface area contributed by atoms with E-state index in [0.717, 1.165) is 44.5 Å². The monoisotopic (exact) mass is 368 g/mol. The van der Waals surface area contributed by atoms with E-state index < -0.39 is 0 Å².